The van der Waals surface area contributed by atoms with E-state index in [1.807, 2.05) is 18.3 Å². The topological polar surface area (TPSA) is 0 Å². The maximum atomic E-state index is 3.25. The van der Waals surface area contributed by atoms with E-state index in [2.05, 4.69) is 51.7 Å². The third-order valence-electron chi connectivity index (χ3n) is 2.86. The third kappa shape index (κ3) is 3.68. The van der Waals surface area contributed by atoms with E-state index in [9.17, 15) is 0 Å². The molecule has 1 aromatic heterocycles. The minimum absolute atomic E-state index is 0.454. The highest BCUT2D eigenvalue weighted by Crippen LogP contribution is 2.30. The lowest BCUT2D eigenvalue weighted by atomic mass is 9.95. The molecular formula is C15H22S. The zero-order valence-electron chi connectivity index (χ0n) is 11.0. The lowest BCUT2D eigenvalue weighted by Gasteiger charge is -2.12. The normalized spacial score (nSPS) is 14.4. The van der Waals surface area contributed by atoms with Gasteiger partial charge in [-0.05, 0) is 31.4 Å². The van der Waals surface area contributed by atoms with Crippen LogP contribution in [-0.4, -0.2) is 0 Å². The van der Waals surface area contributed by atoms with Crippen LogP contribution in [0.25, 0.3) is 0 Å². The predicted octanol–water partition coefficient (Wildman–Crippen LogP) is 4.71. The first-order valence-corrected chi connectivity index (χ1v) is 6.87. The quantitative estimate of drug-likeness (QED) is 0.662. The van der Waals surface area contributed by atoms with Gasteiger partial charge in [0.1, 0.15) is 0 Å². The van der Waals surface area contributed by atoms with Crippen LogP contribution in [0, 0.1) is 23.7 Å². The van der Waals surface area contributed by atoms with Gasteiger partial charge in [-0.25, -0.2) is 0 Å². The Hall–Kier alpha value is -0.740. The van der Waals surface area contributed by atoms with Crippen LogP contribution in [0.3, 0.4) is 0 Å². The standard InChI is InChI=1S/C15H22S/c1-6-7-12(4)13(5)15-9-8-14(16-15)10-11(2)3/h8-9,11-13H,10H2,1-5H3. The van der Waals surface area contributed by atoms with Crippen molar-refractivity contribution in [2.45, 2.75) is 47.0 Å². The summed E-state index contributed by atoms with van der Waals surface area (Å²) in [4.78, 5) is 2.99. The van der Waals surface area contributed by atoms with Crippen LogP contribution in [0.5, 0.6) is 0 Å². The van der Waals surface area contributed by atoms with Crippen LogP contribution in [0.1, 0.15) is 50.3 Å². The Bertz CT molecular complexity index is 376. The van der Waals surface area contributed by atoms with E-state index in [0.29, 0.717) is 11.8 Å². The van der Waals surface area contributed by atoms with E-state index in [0.717, 1.165) is 5.92 Å². The SMILES string of the molecule is CC#CC(C)C(C)c1ccc(CC(C)C)s1. The second-order valence-corrected chi connectivity index (χ2v) is 6.07. The van der Waals surface area contributed by atoms with Crippen molar-refractivity contribution in [2.75, 3.05) is 0 Å². The van der Waals surface area contributed by atoms with Crippen molar-refractivity contribution in [1.82, 2.24) is 0 Å². The lowest BCUT2D eigenvalue weighted by Crippen LogP contribution is -2.01. The Labute approximate surface area is 104 Å². The summed E-state index contributed by atoms with van der Waals surface area (Å²) in [5.74, 6) is 8.02. The summed E-state index contributed by atoms with van der Waals surface area (Å²) in [6.45, 7) is 11.0. The molecule has 0 aromatic carbocycles. The smallest absolute Gasteiger partial charge is 0.0248 e. The van der Waals surface area contributed by atoms with Crippen molar-refractivity contribution in [3.63, 3.8) is 0 Å². The zero-order chi connectivity index (χ0) is 12.1. The summed E-state index contributed by atoms with van der Waals surface area (Å²) in [5, 5.41) is 0. The number of hydrogen-bond acceptors (Lipinski definition) is 1. The number of thiophene rings is 1. The van der Waals surface area contributed by atoms with Crippen LogP contribution >= 0.6 is 11.3 Å². The van der Waals surface area contributed by atoms with E-state index < -0.39 is 0 Å². The average Bonchev–Trinajstić information content (AvgIpc) is 2.64. The maximum absolute atomic E-state index is 3.25. The highest BCUT2D eigenvalue weighted by atomic mass is 32.1. The van der Waals surface area contributed by atoms with Crippen molar-refractivity contribution in [2.24, 2.45) is 11.8 Å². The van der Waals surface area contributed by atoms with Crippen molar-refractivity contribution in [3.8, 4) is 11.8 Å². The van der Waals surface area contributed by atoms with Gasteiger partial charge < -0.3 is 0 Å². The molecule has 2 atom stereocenters. The van der Waals surface area contributed by atoms with Crippen molar-refractivity contribution < 1.29 is 0 Å². The van der Waals surface area contributed by atoms with E-state index in [1.54, 1.807) is 0 Å². The Balaban J connectivity index is 2.72. The van der Waals surface area contributed by atoms with Gasteiger partial charge in [-0.1, -0.05) is 33.6 Å². The molecule has 16 heavy (non-hydrogen) atoms. The Morgan fingerprint density at radius 2 is 1.88 bits per heavy atom. The maximum Gasteiger partial charge on any atom is 0.0248 e. The molecule has 88 valence electrons. The molecule has 0 aliphatic rings. The van der Waals surface area contributed by atoms with Gasteiger partial charge in [0.25, 0.3) is 0 Å². The van der Waals surface area contributed by atoms with Crippen molar-refractivity contribution in [1.29, 1.82) is 0 Å². The molecule has 0 N–H and O–H groups in total. The highest BCUT2D eigenvalue weighted by Gasteiger charge is 2.14. The molecule has 0 saturated carbocycles. The van der Waals surface area contributed by atoms with E-state index in [-0.39, 0.29) is 0 Å². The van der Waals surface area contributed by atoms with E-state index in [4.69, 9.17) is 0 Å². The fourth-order valence-electron chi connectivity index (χ4n) is 1.75. The molecule has 0 aliphatic carbocycles. The Morgan fingerprint density at radius 1 is 1.19 bits per heavy atom. The molecule has 0 spiro atoms. The lowest BCUT2D eigenvalue weighted by molar-refractivity contribution is 0.619. The van der Waals surface area contributed by atoms with Gasteiger partial charge in [-0.2, -0.15) is 0 Å². The zero-order valence-corrected chi connectivity index (χ0v) is 11.8. The second kappa shape index (κ2) is 6.11. The van der Waals surface area contributed by atoms with Gasteiger partial charge in [0, 0.05) is 21.6 Å². The van der Waals surface area contributed by atoms with Gasteiger partial charge in [0.15, 0.2) is 0 Å². The van der Waals surface area contributed by atoms with Gasteiger partial charge >= 0.3 is 0 Å². The average molecular weight is 234 g/mol. The first-order valence-electron chi connectivity index (χ1n) is 6.05. The van der Waals surface area contributed by atoms with E-state index >= 15 is 0 Å². The second-order valence-electron chi connectivity index (χ2n) is 4.87. The molecule has 0 aliphatic heterocycles. The summed E-state index contributed by atoms with van der Waals surface area (Å²) in [5.41, 5.74) is 0. The van der Waals surface area contributed by atoms with Gasteiger partial charge in [0.2, 0.25) is 0 Å². The fourth-order valence-corrected chi connectivity index (χ4v) is 3.13. The first kappa shape index (κ1) is 13.3. The van der Waals surface area contributed by atoms with Crippen LogP contribution in [0.15, 0.2) is 12.1 Å². The molecular weight excluding hydrogens is 212 g/mol. The summed E-state index contributed by atoms with van der Waals surface area (Å²) in [6, 6.07) is 4.56. The van der Waals surface area contributed by atoms with Crippen LogP contribution in [-0.2, 0) is 6.42 Å². The number of hydrogen-bond donors (Lipinski definition) is 0. The molecule has 0 saturated heterocycles. The van der Waals surface area contributed by atoms with Gasteiger partial charge in [-0.3, -0.25) is 0 Å². The summed E-state index contributed by atoms with van der Waals surface area (Å²) >= 11 is 1.96. The van der Waals surface area contributed by atoms with Gasteiger partial charge in [-0.15, -0.1) is 17.3 Å². The number of rotatable bonds is 4. The predicted molar refractivity (Wildman–Crippen MR) is 73.9 cm³/mol. The van der Waals surface area contributed by atoms with Gasteiger partial charge in [0.05, 0.1) is 0 Å². The van der Waals surface area contributed by atoms with Crippen LogP contribution in [0.4, 0.5) is 0 Å². The molecule has 1 heteroatoms. The first-order chi connectivity index (χ1) is 7.54. The molecule has 1 rings (SSSR count). The molecule has 0 radical (unpaired) electrons. The molecule has 1 heterocycles. The molecule has 0 bridgehead atoms. The third-order valence-corrected chi connectivity index (χ3v) is 4.17. The van der Waals surface area contributed by atoms with Crippen molar-refractivity contribution >= 4 is 11.3 Å². The minimum atomic E-state index is 0.454. The monoisotopic (exact) mass is 234 g/mol. The summed E-state index contributed by atoms with van der Waals surface area (Å²) in [6.07, 6.45) is 1.20. The fraction of sp³-hybridized carbons (Fsp3) is 0.600. The Morgan fingerprint density at radius 3 is 2.44 bits per heavy atom. The minimum Gasteiger partial charge on any atom is -0.145 e. The Kier molecular flexibility index (Phi) is 5.09. The van der Waals surface area contributed by atoms with Crippen LogP contribution < -0.4 is 0 Å². The molecule has 1 aromatic rings. The molecule has 0 amide bonds. The van der Waals surface area contributed by atoms with Crippen LogP contribution in [0.2, 0.25) is 0 Å². The largest absolute Gasteiger partial charge is 0.145 e. The highest BCUT2D eigenvalue weighted by molar-refractivity contribution is 7.12. The summed E-state index contributed by atoms with van der Waals surface area (Å²) in [7, 11) is 0. The molecule has 0 fully saturated rings. The summed E-state index contributed by atoms with van der Waals surface area (Å²) < 4.78 is 0. The molecule has 0 nitrogen and oxygen atoms in total. The molecule has 2 unspecified atom stereocenters. The van der Waals surface area contributed by atoms with Crippen molar-refractivity contribution in [3.05, 3.63) is 21.9 Å². The van der Waals surface area contributed by atoms with E-state index in [1.165, 1.54) is 16.2 Å².